The number of nitrogens with zero attached hydrogens (tertiary/aromatic N) is 1. The van der Waals surface area contributed by atoms with Gasteiger partial charge >= 0.3 is 0 Å². The Balaban J connectivity index is 1.87. The lowest BCUT2D eigenvalue weighted by atomic mass is 10.1. The molecule has 1 aliphatic heterocycles. The lowest BCUT2D eigenvalue weighted by Gasteiger charge is -2.26. The summed E-state index contributed by atoms with van der Waals surface area (Å²) in [5, 5.41) is 2.85. The van der Waals surface area contributed by atoms with Crippen LogP contribution < -0.4 is 10.2 Å². The number of carbonyl (C=O) groups is 3. The van der Waals surface area contributed by atoms with Gasteiger partial charge in [-0.2, -0.15) is 0 Å². The lowest BCUT2D eigenvalue weighted by Crippen LogP contribution is -2.46. The van der Waals surface area contributed by atoms with Gasteiger partial charge < -0.3 is 5.32 Å². The number of amides is 2. The highest BCUT2D eigenvalue weighted by atomic mass is 16.2. The van der Waals surface area contributed by atoms with E-state index in [-0.39, 0.29) is 5.91 Å². The summed E-state index contributed by atoms with van der Waals surface area (Å²) < 4.78 is 0. The largest absolute Gasteiger partial charge is 0.324 e. The molecule has 0 fully saturated rings. The number of ketones is 1. The predicted molar refractivity (Wildman–Crippen MR) is 102 cm³/mol. The number of fused-ring (bicyclic) bond motifs is 1. The second kappa shape index (κ2) is 7.12. The number of carbonyl (C=O) groups excluding carboxylic acids is 3. The van der Waals surface area contributed by atoms with Gasteiger partial charge in [0.15, 0.2) is 0 Å². The highest BCUT2D eigenvalue weighted by Crippen LogP contribution is 2.32. The SMILES string of the molecule is CCc1ccc(NC(=O)C(CC)N2C(=O)C(=O)c3cc(C)ccc32)cc1. The summed E-state index contributed by atoms with van der Waals surface area (Å²) in [4.78, 5) is 38.9. The Bertz CT molecular complexity index is 871. The fraction of sp³-hybridized carbons (Fsp3) is 0.286. The summed E-state index contributed by atoms with van der Waals surface area (Å²) in [6.07, 6.45) is 1.33. The molecule has 1 N–H and O–H groups in total. The second-order valence-electron chi connectivity index (χ2n) is 6.49. The molecule has 1 aliphatic rings. The Morgan fingerprint density at radius 2 is 1.77 bits per heavy atom. The molecule has 0 saturated carbocycles. The minimum Gasteiger partial charge on any atom is -0.324 e. The first kappa shape index (κ1) is 17.9. The van der Waals surface area contributed by atoms with Gasteiger partial charge in [0.05, 0.1) is 11.3 Å². The maximum absolute atomic E-state index is 12.8. The van der Waals surface area contributed by atoms with Crippen LogP contribution in [-0.2, 0) is 16.0 Å². The fourth-order valence-corrected chi connectivity index (χ4v) is 3.22. The first-order chi connectivity index (χ1) is 12.5. The molecule has 3 rings (SSSR count). The second-order valence-corrected chi connectivity index (χ2v) is 6.49. The Labute approximate surface area is 153 Å². The molecular weight excluding hydrogens is 328 g/mol. The normalized spacial score (nSPS) is 14.3. The molecule has 134 valence electrons. The van der Waals surface area contributed by atoms with Crippen LogP contribution in [0.1, 0.15) is 41.8 Å². The fourth-order valence-electron chi connectivity index (χ4n) is 3.22. The average molecular weight is 350 g/mol. The van der Waals surface area contributed by atoms with Crippen LogP contribution >= 0.6 is 0 Å². The van der Waals surface area contributed by atoms with E-state index in [0.29, 0.717) is 23.4 Å². The van der Waals surface area contributed by atoms with Crippen molar-refractivity contribution in [1.29, 1.82) is 0 Å². The number of Topliss-reactive ketones (excluding diaryl/α,β-unsaturated/α-hetero) is 1. The highest BCUT2D eigenvalue weighted by Gasteiger charge is 2.41. The number of rotatable bonds is 5. The molecule has 26 heavy (non-hydrogen) atoms. The van der Waals surface area contributed by atoms with Crippen LogP contribution in [0.4, 0.5) is 11.4 Å². The van der Waals surface area contributed by atoms with E-state index in [4.69, 9.17) is 0 Å². The Hall–Kier alpha value is -2.95. The summed E-state index contributed by atoms with van der Waals surface area (Å²) in [5.41, 5.74) is 3.63. The molecule has 0 bridgehead atoms. The topological polar surface area (TPSA) is 66.5 Å². The van der Waals surface area contributed by atoms with Gasteiger partial charge in [0, 0.05) is 5.69 Å². The Morgan fingerprint density at radius 1 is 1.08 bits per heavy atom. The molecule has 2 aromatic rings. The number of aryl methyl sites for hydroxylation is 2. The van der Waals surface area contributed by atoms with Gasteiger partial charge in [-0.25, -0.2) is 0 Å². The molecular formula is C21H22N2O3. The number of hydrogen-bond acceptors (Lipinski definition) is 3. The first-order valence-electron chi connectivity index (χ1n) is 8.84. The zero-order valence-corrected chi connectivity index (χ0v) is 15.2. The number of anilines is 2. The zero-order chi connectivity index (χ0) is 18.8. The molecule has 1 heterocycles. The van der Waals surface area contributed by atoms with Crippen molar-refractivity contribution in [3.63, 3.8) is 0 Å². The van der Waals surface area contributed by atoms with Crippen molar-refractivity contribution in [3.05, 3.63) is 59.2 Å². The summed E-state index contributed by atoms with van der Waals surface area (Å²) in [5.74, 6) is -1.50. The molecule has 0 saturated heterocycles. The van der Waals surface area contributed by atoms with Crippen LogP contribution in [-0.4, -0.2) is 23.6 Å². The van der Waals surface area contributed by atoms with Gasteiger partial charge in [0.25, 0.3) is 11.7 Å². The van der Waals surface area contributed by atoms with Crippen molar-refractivity contribution in [2.45, 2.75) is 39.7 Å². The molecule has 2 aromatic carbocycles. The Morgan fingerprint density at radius 3 is 2.38 bits per heavy atom. The van der Waals surface area contributed by atoms with Crippen molar-refractivity contribution >= 4 is 29.0 Å². The molecule has 0 spiro atoms. The van der Waals surface area contributed by atoms with Crippen molar-refractivity contribution in [2.24, 2.45) is 0 Å². The van der Waals surface area contributed by atoms with Gasteiger partial charge in [-0.1, -0.05) is 37.6 Å². The molecule has 1 unspecified atom stereocenters. The summed E-state index contributed by atoms with van der Waals surface area (Å²) >= 11 is 0. The summed E-state index contributed by atoms with van der Waals surface area (Å²) in [6.45, 7) is 5.76. The van der Waals surface area contributed by atoms with E-state index in [2.05, 4.69) is 12.2 Å². The Kier molecular flexibility index (Phi) is 4.89. The third-order valence-corrected chi connectivity index (χ3v) is 4.70. The van der Waals surface area contributed by atoms with E-state index < -0.39 is 17.7 Å². The smallest absolute Gasteiger partial charge is 0.300 e. The van der Waals surface area contributed by atoms with E-state index in [9.17, 15) is 14.4 Å². The van der Waals surface area contributed by atoms with Crippen molar-refractivity contribution in [2.75, 3.05) is 10.2 Å². The van der Waals surface area contributed by atoms with E-state index in [1.807, 2.05) is 44.2 Å². The average Bonchev–Trinajstić information content (AvgIpc) is 2.88. The molecule has 0 aromatic heterocycles. The molecule has 5 nitrogen and oxygen atoms in total. The van der Waals surface area contributed by atoms with Gasteiger partial charge in [0.1, 0.15) is 6.04 Å². The van der Waals surface area contributed by atoms with Crippen LogP contribution in [0.25, 0.3) is 0 Å². The van der Waals surface area contributed by atoms with Gasteiger partial charge in [-0.05, 0) is 49.6 Å². The first-order valence-corrected chi connectivity index (χ1v) is 8.84. The van der Waals surface area contributed by atoms with Crippen LogP contribution in [0.5, 0.6) is 0 Å². The number of nitrogens with one attached hydrogen (secondary N) is 1. The van der Waals surface area contributed by atoms with Gasteiger partial charge in [0.2, 0.25) is 5.91 Å². The molecule has 0 radical (unpaired) electrons. The van der Waals surface area contributed by atoms with E-state index in [0.717, 1.165) is 12.0 Å². The maximum atomic E-state index is 12.8. The molecule has 2 amide bonds. The minimum absolute atomic E-state index is 0.300. The predicted octanol–water partition coefficient (Wildman–Crippen LogP) is 3.50. The molecule has 0 aliphatic carbocycles. The number of hydrogen-bond donors (Lipinski definition) is 1. The van der Waals surface area contributed by atoms with E-state index >= 15 is 0 Å². The highest BCUT2D eigenvalue weighted by molar-refractivity contribution is 6.53. The summed E-state index contributed by atoms with van der Waals surface area (Å²) in [6, 6.07) is 12.1. The maximum Gasteiger partial charge on any atom is 0.300 e. The number of benzene rings is 2. The minimum atomic E-state index is -0.735. The molecule has 5 heteroatoms. The third kappa shape index (κ3) is 3.12. The summed E-state index contributed by atoms with van der Waals surface area (Å²) in [7, 11) is 0. The van der Waals surface area contributed by atoms with Crippen LogP contribution in [0.2, 0.25) is 0 Å². The van der Waals surface area contributed by atoms with Crippen molar-refractivity contribution < 1.29 is 14.4 Å². The monoisotopic (exact) mass is 350 g/mol. The quantitative estimate of drug-likeness (QED) is 0.839. The lowest BCUT2D eigenvalue weighted by molar-refractivity contribution is -0.121. The molecule has 1 atom stereocenters. The van der Waals surface area contributed by atoms with E-state index in [1.165, 1.54) is 10.5 Å². The van der Waals surface area contributed by atoms with Gasteiger partial charge in [-0.15, -0.1) is 0 Å². The van der Waals surface area contributed by atoms with E-state index in [1.54, 1.807) is 12.1 Å². The van der Waals surface area contributed by atoms with Crippen molar-refractivity contribution in [3.8, 4) is 0 Å². The standard InChI is InChI=1S/C21H22N2O3/c1-4-14-7-9-15(10-8-14)22-20(25)17(5-2)23-18-11-6-13(3)12-16(18)19(24)21(23)26/h6-12,17H,4-5H2,1-3H3,(H,22,25). The zero-order valence-electron chi connectivity index (χ0n) is 15.2. The van der Waals surface area contributed by atoms with Gasteiger partial charge in [-0.3, -0.25) is 19.3 Å². The van der Waals surface area contributed by atoms with Crippen molar-refractivity contribution in [1.82, 2.24) is 0 Å². The van der Waals surface area contributed by atoms with Crippen LogP contribution in [0, 0.1) is 6.92 Å². The van der Waals surface area contributed by atoms with Crippen LogP contribution in [0.3, 0.4) is 0 Å². The third-order valence-electron chi connectivity index (χ3n) is 4.70. The van der Waals surface area contributed by atoms with Crippen LogP contribution in [0.15, 0.2) is 42.5 Å².